The van der Waals surface area contributed by atoms with Crippen LogP contribution in [0.4, 0.5) is 0 Å². The lowest BCUT2D eigenvalue weighted by Gasteiger charge is -2.16. The average molecular weight is 252 g/mol. The summed E-state index contributed by atoms with van der Waals surface area (Å²) in [5.74, 6) is 5.89. The molecule has 1 unspecified atom stereocenters. The highest BCUT2D eigenvalue weighted by atomic mass is 32.1. The number of aliphatic hydroxyl groups is 1. The molecule has 3 N–H and O–H groups in total. The zero-order valence-electron chi connectivity index (χ0n) is 10.4. The van der Waals surface area contributed by atoms with Crippen LogP contribution >= 0.6 is 11.3 Å². The Labute approximate surface area is 107 Å². The number of nitrogens with two attached hydrogens (primary N) is 1. The summed E-state index contributed by atoms with van der Waals surface area (Å²) in [7, 11) is 2.06. The maximum absolute atomic E-state index is 9.21. The van der Waals surface area contributed by atoms with Gasteiger partial charge in [-0.2, -0.15) is 0 Å². The number of thiophene rings is 1. The van der Waals surface area contributed by atoms with Crippen molar-refractivity contribution in [2.45, 2.75) is 26.0 Å². The minimum Gasteiger partial charge on any atom is -0.393 e. The minimum atomic E-state index is -0.230. The highest BCUT2D eigenvalue weighted by Gasteiger charge is 2.04. The van der Waals surface area contributed by atoms with Crippen LogP contribution < -0.4 is 5.73 Å². The molecule has 0 aliphatic rings. The lowest BCUT2D eigenvalue weighted by Crippen LogP contribution is -2.21. The molecule has 0 amide bonds. The third-order valence-electron chi connectivity index (χ3n) is 2.33. The van der Waals surface area contributed by atoms with Crippen molar-refractivity contribution >= 4 is 11.3 Å². The zero-order valence-corrected chi connectivity index (χ0v) is 11.3. The van der Waals surface area contributed by atoms with E-state index in [0.717, 1.165) is 24.4 Å². The zero-order chi connectivity index (χ0) is 12.7. The van der Waals surface area contributed by atoms with Crippen LogP contribution in [0.25, 0.3) is 0 Å². The predicted molar refractivity (Wildman–Crippen MR) is 72.9 cm³/mol. The smallest absolute Gasteiger partial charge is 0.0772 e. The maximum atomic E-state index is 9.21. The topological polar surface area (TPSA) is 49.5 Å². The van der Waals surface area contributed by atoms with Crippen LogP contribution in [0.3, 0.4) is 0 Å². The van der Waals surface area contributed by atoms with E-state index in [1.165, 1.54) is 4.88 Å². The van der Waals surface area contributed by atoms with Crippen molar-refractivity contribution in [2.75, 3.05) is 20.1 Å². The molecule has 0 spiro atoms. The van der Waals surface area contributed by atoms with E-state index in [0.29, 0.717) is 6.54 Å². The first-order valence-electron chi connectivity index (χ1n) is 5.76. The van der Waals surface area contributed by atoms with E-state index in [4.69, 9.17) is 5.73 Å². The van der Waals surface area contributed by atoms with E-state index in [-0.39, 0.29) is 6.10 Å². The molecule has 1 atom stereocenters. The van der Waals surface area contributed by atoms with Crippen LogP contribution in [-0.2, 0) is 6.54 Å². The van der Waals surface area contributed by atoms with E-state index in [9.17, 15) is 5.11 Å². The minimum absolute atomic E-state index is 0.230. The normalized spacial score (nSPS) is 12.3. The fourth-order valence-corrected chi connectivity index (χ4v) is 2.38. The molecular formula is C13H20N2OS. The highest BCUT2D eigenvalue weighted by molar-refractivity contribution is 7.12. The molecule has 0 saturated heterocycles. The molecule has 1 aromatic heterocycles. The second-order valence-corrected chi connectivity index (χ2v) is 5.32. The molecule has 94 valence electrons. The summed E-state index contributed by atoms with van der Waals surface area (Å²) in [6.07, 6.45) is 0.577. The Bertz CT molecular complexity index is 390. The summed E-state index contributed by atoms with van der Waals surface area (Å²) in [6, 6.07) is 4.13. The molecule has 1 heterocycles. The molecule has 0 bridgehead atoms. The van der Waals surface area contributed by atoms with E-state index in [1.54, 1.807) is 11.3 Å². The second kappa shape index (κ2) is 7.46. The Morgan fingerprint density at radius 3 is 2.94 bits per heavy atom. The molecule has 0 saturated carbocycles. The Morgan fingerprint density at radius 1 is 1.53 bits per heavy atom. The maximum Gasteiger partial charge on any atom is 0.0772 e. The number of hydrogen-bond donors (Lipinski definition) is 2. The molecule has 0 aromatic carbocycles. The van der Waals surface area contributed by atoms with E-state index in [1.807, 2.05) is 13.0 Å². The van der Waals surface area contributed by atoms with Gasteiger partial charge in [0.1, 0.15) is 0 Å². The van der Waals surface area contributed by atoms with Crippen molar-refractivity contribution < 1.29 is 5.11 Å². The number of nitrogens with zero attached hydrogens (tertiary/aromatic N) is 1. The first-order valence-corrected chi connectivity index (χ1v) is 6.57. The van der Waals surface area contributed by atoms with Gasteiger partial charge in [-0.05, 0) is 32.5 Å². The number of hydrogen-bond acceptors (Lipinski definition) is 4. The Hall–Kier alpha value is -0.860. The van der Waals surface area contributed by atoms with Crippen molar-refractivity contribution in [1.82, 2.24) is 4.90 Å². The van der Waals surface area contributed by atoms with E-state index < -0.39 is 0 Å². The van der Waals surface area contributed by atoms with Gasteiger partial charge < -0.3 is 15.7 Å². The summed E-state index contributed by atoms with van der Waals surface area (Å²) >= 11 is 1.70. The molecule has 0 aliphatic heterocycles. The van der Waals surface area contributed by atoms with Crippen LogP contribution in [0.2, 0.25) is 0 Å². The van der Waals surface area contributed by atoms with Gasteiger partial charge in [0.25, 0.3) is 0 Å². The molecule has 4 heteroatoms. The first-order chi connectivity index (χ1) is 8.11. The highest BCUT2D eigenvalue weighted by Crippen LogP contribution is 2.17. The molecule has 1 aromatic rings. The van der Waals surface area contributed by atoms with Crippen molar-refractivity contribution in [1.29, 1.82) is 0 Å². The number of rotatable bonds is 5. The van der Waals surface area contributed by atoms with Crippen molar-refractivity contribution in [3.05, 3.63) is 21.9 Å². The average Bonchev–Trinajstić information content (AvgIpc) is 2.71. The van der Waals surface area contributed by atoms with Crippen LogP contribution in [0, 0.1) is 11.8 Å². The summed E-state index contributed by atoms with van der Waals surface area (Å²) < 4.78 is 0. The van der Waals surface area contributed by atoms with E-state index in [2.05, 4.69) is 29.9 Å². The van der Waals surface area contributed by atoms with Crippen LogP contribution in [0.15, 0.2) is 12.1 Å². The molecule has 0 aliphatic carbocycles. The van der Waals surface area contributed by atoms with Crippen LogP contribution in [0.1, 0.15) is 23.1 Å². The van der Waals surface area contributed by atoms with Gasteiger partial charge in [0, 0.05) is 18.0 Å². The van der Waals surface area contributed by atoms with Gasteiger partial charge in [-0.15, -0.1) is 11.3 Å². The van der Waals surface area contributed by atoms with Crippen molar-refractivity contribution in [3.8, 4) is 11.8 Å². The second-order valence-electron chi connectivity index (χ2n) is 4.15. The summed E-state index contributed by atoms with van der Waals surface area (Å²) in [6.45, 7) is 4.03. The third-order valence-corrected chi connectivity index (χ3v) is 3.32. The fourth-order valence-electron chi connectivity index (χ4n) is 1.42. The lowest BCUT2D eigenvalue weighted by molar-refractivity contribution is 0.163. The van der Waals surface area contributed by atoms with Crippen molar-refractivity contribution in [2.24, 2.45) is 5.73 Å². The van der Waals surface area contributed by atoms with Gasteiger partial charge in [0.05, 0.1) is 17.5 Å². The van der Waals surface area contributed by atoms with Gasteiger partial charge >= 0.3 is 0 Å². The van der Waals surface area contributed by atoms with Gasteiger partial charge in [-0.3, -0.25) is 0 Å². The van der Waals surface area contributed by atoms with Crippen LogP contribution in [0.5, 0.6) is 0 Å². The quantitative estimate of drug-likeness (QED) is 0.776. The van der Waals surface area contributed by atoms with E-state index >= 15 is 0 Å². The van der Waals surface area contributed by atoms with Gasteiger partial charge in [0.15, 0.2) is 0 Å². The third kappa shape index (κ3) is 5.85. The Morgan fingerprint density at radius 2 is 2.29 bits per heavy atom. The van der Waals surface area contributed by atoms with Crippen LogP contribution in [-0.4, -0.2) is 36.2 Å². The van der Waals surface area contributed by atoms with Crippen molar-refractivity contribution in [3.63, 3.8) is 0 Å². The standard InChI is InChI=1S/C13H20N2OS/c1-11(16)7-9-15(2)10-13-6-5-12(17-13)4-3-8-14/h5-6,11,16H,7-10,14H2,1-2H3. The fraction of sp³-hybridized carbons (Fsp3) is 0.538. The molecular weight excluding hydrogens is 232 g/mol. The number of aliphatic hydroxyl groups excluding tert-OH is 1. The van der Waals surface area contributed by atoms with Gasteiger partial charge in [-0.1, -0.05) is 11.8 Å². The Kier molecular flexibility index (Phi) is 6.23. The molecule has 17 heavy (non-hydrogen) atoms. The molecule has 3 nitrogen and oxygen atoms in total. The van der Waals surface area contributed by atoms with Gasteiger partial charge in [0.2, 0.25) is 0 Å². The largest absolute Gasteiger partial charge is 0.393 e. The van der Waals surface area contributed by atoms with Gasteiger partial charge in [-0.25, -0.2) is 0 Å². The summed E-state index contributed by atoms with van der Waals surface area (Å²) in [5.41, 5.74) is 5.33. The summed E-state index contributed by atoms with van der Waals surface area (Å²) in [5, 5.41) is 9.21. The molecule has 0 radical (unpaired) electrons. The predicted octanol–water partition coefficient (Wildman–Crippen LogP) is 1.26. The summed E-state index contributed by atoms with van der Waals surface area (Å²) in [4.78, 5) is 4.56. The SMILES string of the molecule is CC(O)CCN(C)Cc1ccc(C#CCN)s1. The molecule has 0 fully saturated rings. The Balaban J connectivity index is 2.43. The molecule has 1 rings (SSSR count). The monoisotopic (exact) mass is 252 g/mol. The first kappa shape index (κ1) is 14.2. The lowest BCUT2D eigenvalue weighted by atomic mass is 10.3.